The molecule has 1 aliphatic rings. The van der Waals surface area contributed by atoms with E-state index in [0.29, 0.717) is 16.0 Å². The molecule has 104 valence electrons. The quantitative estimate of drug-likeness (QED) is 0.826. The van der Waals surface area contributed by atoms with Crippen LogP contribution in [0.5, 0.6) is 0 Å². The zero-order chi connectivity index (χ0) is 14.0. The molecule has 0 aliphatic carbocycles. The Bertz CT molecular complexity index is 485. The van der Waals surface area contributed by atoms with Crippen LogP contribution < -0.4 is 0 Å². The molecule has 19 heavy (non-hydrogen) atoms. The topological polar surface area (TPSA) is 20.3 Å². The molecule has 2 rings (SSSR count). The summed E-state index contributed by atoms with van der Waals surface area (Å²) in [6.45, 7) is 6.08. The Morgan fingerprint density at radius 1 is 1.42 bits per heavy atom. The largest absolute Gasteiger partial charge is 0.338 e. The van der Waals surface area contributed by atoms with Crippen LogP contribution >= 0.6 is 24.2 Å². The Morgan fingerprint density at radius 3 is 2.68 bits per heavy atom. The number of thiol groups is 1. The van der Waals surface area contributed by atoms with Crippen molar-refractivity contribution in [1.29, 1.82) is 0 Å². The van der Waals surface area contributed by atoms with Crippen LogP contribution in [-0.2, 0) is 0 Å². The Labute approximate surface area is 125 Å². The van der Waals surface area contributed by atoms with Gasteiger partial charge in [-0.15, -0.1) is 12.6 Å². The number of rotatable bonds is 3. The Balaban J connectivity index is 2.20. The lowest BCUT2D eigenvalue weighted by molar-refractivity contribution is 0.0770. The molecule has 0 N–H and O–H groups in total. The minimum atomic E-state index is 0.0321. The molecular weight excluding hydrogens is 278 g/mol. The average Bonchev–Trinajstić information content (AvgIpc) is 2.86. The van der Waals surface area contributed by atoms with Crippen molar-refractivity contribution >= 4 is 30.1 Å². The van der Waals surface area contributed by atoms with E-state index in [1.54, 1.807) is 18.2 Å². The fourth-order valence-corrected chi connectivity index (χ4v) is 3.19. The van der Waals surface area contributed by atoms with E-state index in [-0.39, 0.29) is 5.91 Å². The summed E-state index contributed by atoms with van der Waals surface area (Å²) >= 11 is 10.4. The third-order valence-corrected chi connectivity index (χ3v) is 5.01. The van der Waals surface area contributed by atoms with Gasteiger partial charge in [0.25, 0.3) is 5.91 Å². The smallest absolute Gasteiger partial charge is 0.255 e. The van der Waals surface area contributed by atoms with Gasteiger partial charge < -0.3 is 4.90 Å². The highest BCUT2D eigenvalue weighted by Crippen LogP contribution is 2.38. The molecule has 1 aliphatic heterocycles. The maximum Gasteiger partial charge on any atom is 0.255 e. The molecule has 0 atom stereocenters. The second-order valence-electron chi connectivity index (χ2n) is 5.35. The highest BCUT2D eigenvalue weighted by molar-refractivity contribution is 7.80. The van der Waals surface area contributed by atoms with E-state index in [1.165, 1.54) is 0 Å². The number of carbonyl (C=O) groups excluding carboxylic acids is 1. The van der Waals surface area contributed by atoms with Crippen LogP contribution in [0.15, 0.2) is 23.1 Å². The van der Waals surface area contributed by atoms with Crippen LogP contribution in [0.4, 0.5) is 0 Å². The van der Waals surface area contributed by atoms with Gasteiger partial charge in [0.15, 0.2) is 0 Å². The van der Waals surface area contributed by atoms with E-state index in [1.807, 2.05) is 4.90 Å². The van der Waals surface area contributed by atoms with Crippen molar-refractivity contribution in [1.82, 2.24) is 4.90 Å². The lowest BCUT2D eigenvalue weighted by Gasteiger charge is -2.26. The number of amides is 1. The zero-order valence-electron chi connectivity index (χ0n) is 11.4. The van der Waals surface area contributed by atoms with Gasteiger partial charge in [0.05, 0.1) is 10.6 Å². The number of carbonyl (C=O) groups is 1. The SMILES string of the molecule is CCC1(CC)CCN(C(=O)c2cc(S)ccc2Cl)C1. The van der Waals surface area contributed by atoms with Crippen molar-refractivity contribution < 1.29 is 4.79 Å². The summed E-state index contributed by atoms with van der Waals surface area (Å²) in [5.74, 6) is 0.0321. The number of halogens is 1. The number of nitrogens with zero attached hydrogens (tertiary/aromatic N) is 1. The fraction of sp³-hybridized carbons (Fsp3) is 0.533. The second kappa shape index (κ2) is 5.76. The van der Waals surface area contributed by atoms with Gasteiger partial charge in [0.1, 0.15) is 0 Å². The summed E-state index contributed by atoms with van der Waals surface area (Å²) in [5.41, 5.74) is 0.859. The standard InChI is InChI=1S/C15H20ClNOS/c1-3-15(4-2)7-8-17(10-15)14(18)12-9-11(19)5-6-13(12)16/h5-6,9,19H,3-4,7-8,10H2,1-2H3. The van der Waals surface area contributed by atoms with Crippen molar-refractivity contribution in [2.75, 3.05) is 13.1 Å². The minimum Gasteiger partial charge on any atom is -0.338 e. The molecular formula is C15H20ClNOS. The molecule has 1 saturated heterocycles. The summed E-state index contributed by atoms with van der Waals surface area (Å²) in [5, 5.41) is 0.508. The van der Waals surface area contributed by atoms with E-state index >= 15 is 0 Å². The first-order chi connectivity index (χ1) is 9.01. The molecule has 0 unspecified atom stereocenters. The first kappa shape index (κ1) is 14.7. The maximum atomic E-state index is 12.5. The van der Waals surface area contributed by atoms with Crippen molar-refractivity contribution in [3.8, 4) is 0 Å². The number of likely N-dealkylation sites (tertiary alicyclic amines) is 1. The van der Waals surface area contributed by atoms with Gasteiger partial charge in [-0.2, -0.15) is 0 Å². The van der Waals surface area contributed by atoms with Gasteiger partial charge in [-0.05, 0) is 42.9 Å². The normalized spacial score (nSPS) is 17.8. The third kappa shape index (κ3) is 2.92. The molecule has 0 spiro atoms. The molecule has 0 saturated carbocycles. The van der Waals surface area contributed by atoms with Gasteiger partial charge >= 0.3 is 0 Å². The fourth-order valence-electron chi connectivity index (χ4n) is 2.78. The van der Waals surface area contributed by atoms with E-state index in [2.05, 4.69) is 26.5 Å². The van der Waals surface area contributed by atoms with Crippen molar-refractivity contribution in [2.45, 2.75) is 38.0 Å². The number of hydrogen-bond donors (Lipinski definition) is 1. The Hall–Kier alpha value is -0.670. The van der Waals surface area contributed by atoms with Crippen LogP contribution in [0.2, 0.25) is 5.02 Å². The van der Waals surface area contributed by atoms with Crippen LogP contribution in [0, 0.1) is 5.41 Å². The monoisotopic (exact) mass is 297 g/mol. The lowest BCUT2D eigenvalue weighted by atomic mass is 9.82. The molecule has 1 heterocycles. The molecule has 0 bridgehead atoms. The molecule has 0 aromatic heterocycles. The van der Waals surface area contributed by atoms with Crippen LogP contribution in [0.3, 0.4) is 0 Å². The van der Waals surface area contributed by atoms with E-state index in [0.717, 1.165) is 37.2 Å². The number of benzene rings is 1. The maximum absolute atomic E-state index is 12.5. The van der Waals surface area contributed by atoms with Gasteiger partial charge in [-0.3, -0.25) is 4.79 Å². The molecule has 0 radical (unpaired) electrons. The lowest BCUT2D eigenvalue weighted by Crippen LogP contribution is -2.32. The van der Waals surface area contributed by atoms with Crippen molar-refractivity contribution in [3.05, 3.63) is 28.8 Å². The molecule has 1 amide bonds. The Morgan fingerprint density at radius 2 is 2.11 bits per heavy atom. The molecule has 1 fully saturated rings. The molecule has 2 nitrogen and oxygen atoms in total. The highest BCUT2D eigenvalue weighted by atomic mass is 35.5. The first-order valence-corrected chi connectivity index (χ1v) is 7.61. The minimum absolute atomic E-state index is 0.0321. The number of hydrogen-bond acceptors (Lipinski definition) is 2. The van der Waals surface area contributed by atoms with Gasteiger partial charge in [0.2, 0.25) is 0 Å². The summed E-state index contributed by atoms with van der Waals surface area (Å²) < 4.78 is 0. The third-order valence-electron chi connectivity index (χ3n) is 4.41. The van der Waals surface area contributed by atoms with E-state index in [9.17, 15) is 4.79 Å². The van der Waals surface area contributed by atoms with Gasteiger partial charge in [-0.1, -0.05) is 25.4 Å². The second-order valence-corrected chi connectivity index (χ2v) is 6.27. The Kier molecular flexibility index (Phi) is 4.46. The molecule has 4 heteroatoms. The first-order valence-electron chi connectivity index (χ1n) is 6.79. The van der Waals surface area contributed by atoms with Crippen LogP contribution in [-0.4, -0.2) is 23.9 Å². The van der Waals surface area contributed by atoms with Crippen LogP contribution in [0.25, 0.3) is 0 Å². The highest BCUT2D eigenvalue weighted by Gasteiger charge is 2.37. The molecule has 1 aromatic rings. The summed E-state index contributed by atoms with van der Waals surface area (Å²) in [6.07, 6.45) is 3.32. The summed E-state index contributed by atoms with van der Waals surface area (Å²) in [4.78, 5) is 15.2. The van der Waals surface area contributed by atoms with Crippen molar-refractivity contribution in [3.63, 3.8) is 0 Å². The predicted molar refractivity (Wildman–Crippen MR) is 82.2 cm³/mol. The molecule has 1 aromatic carbocycles. The van der Waals surface area contributed by atoms with E-state index < -0.39 is 0 Å². The predicted octanol–water partition coefficient (Wildman–Crippen LogP) is 4.28. The average molecular weight is 298 g/mol. The van der Waals surface area contributed by atoms with E-state index in [4.69, 9.17) is 11.6 Å². The summed E-state index contributed by atoms with van der Waals surface area (Å²) in [7, 11) is 0. The zero-order valence-corrected chi connectivity index (χ0v) is 13.1. The van der Waals surface area contributed by atoms with Gasteiger partial charge in [-0.25, -0.2) is 0 Å². The summed E-state index contributed by atoms with van der Waals surface area (Å²) in [6, 6.07) is 5.29. The van der Waals surface area contributed by atoms with Crippen molar-refractivity contribution in [2.24, 2.45) is 5.41 Å². The van der Waals surface area contributed by atoms with Crippen LogP contribution in [0.1, 0.15) is 43.5 Å². The van der Waals surface area contributed by atoms with Gasteiger partial charge in [0, 0.05) is 18.0 Å².